The van der Waals surface area contributed by atoms with Crippen LogP contribution in [0, 0.1) is 5.92 Å². The number of hydrogen-bond donors (Lipinski definition) is 1. The van der Waals surface area contributed by atoms with E-state index in [1.807, 2.05) is 29.3 Å². The Balaban J connectivity index is 1.56. The van der Waals surface area contributed by atoms with E-state index in [2.05, 4.69) is 51.1 Å². The van der Waals surface area contributed by atoms with E-state index in [-0.39, 0.29) is 0 Å². The van der Waals surface area contributed by atoms with Crippen LogP contribution in [0.25, 0.3) is 0 Å². The third-order valence-electron chi connectivity index (χ3n) is 4.21. The van der Waals surface area contributed by atoms with E-state index in [4.69, 9.17) is 0 Å². The highest BCUT2D eigenvalue weighted by molar-refractivity contribution is 5.36. The highest BCUT2D eigenvalue weighted by Gasteiger charge is 2.16. The summed E-state index contributed by atoms with van der Waals surface area (Å²) >= 11 is 0. The molecule has 0 aromatic carbocycles. The third-order valence-corrected chi connectivity index (χ3v) is 4.21. The Hall–Kier alpha value is -2.15. The number of hydrogen-bond acceptors (Lipinski definition) is 6. The van der Waals surface area contributed by atoms with E-state index in [0.717, 1.165) is 50.1 Å². The average molecular weight is 329 g/mol. The molecule has 0 saturated carbocycles. The topological polar surface area (TPSA) is 62.1 Å². The first-order valence-corrected chi connectivity index (χ1v) is 8.62. The van der Waals surface area contributed by atoms with E-state index >= 15 is 0 Å². The summed E-state index contributed by atoms with van der Waals surface area (Å²) in [6.07, 6.45) is 5.66. The molecule has 1 aliphatic heterocycles. The Kier molecular flexibility index (Phi) is 5.30. The predicted molar refractivity (Wildman–Crippen MR) is 96.1 cm³/mol. The molecule has 2 aromatic heterocycles. The maximum Gasteiger partial charge on any atom is 0.225 e. The van der Waals surface area contributed by atoms with Crippen molar-refractivity contribution in [3.63, 3.8) is 0 Å². The smallest absolute Gasteiger partial charge is 0.225 e. The molecule has 2 aromatic rings. The SMILES string of the molecule is CC(C)Cn1nccc1NCc1cnc(N2CCN(C)CC2)nc1. The second kappa shape index (κ2) is 7.61. The van der Waals surface area contributed by atoms with E-state index in [0.29, 0.717) is 12.5 Å². The molecule has 24 heavy (non-hydrogen) atoms. The van der Waals surface area contributed by atoms with Crippen molar-refractivity contribution in [1.29, 1.82) is 0 Å². The van der Waals surface area contributed by atoms with Crippen LogP contribution in [0.5, 0.6) is 0 Å². The second-order valence-electron chi connectivity index (χ2n) is 6.83. The maximum atomic E-state index is 4.53. The first kappa shape index (κ1) is 16.7. The van der Waals surface area contributed by atoms with Gasteiger partial charge in [0.2, 0.25) is 5.95 Å². The minimum Gasteiger partial charge on any atom is -0.366 e. The standard InChI is InChI=1S/C17H27N7/c1-14(2)13-24-16(4-5-21-24)18-10-15-11-19-17(20-12-15)23-8-6-22(3)7-9-23/h4-5,11-12,14,18H,6-10,13H2,1-3H3. The van der Waals surface area contributed by atoms with E-state index in [1.165, 1.54) is 0 Å². The van der Waals surface area contributed by atoms with Crippen molar-refractivity contribution in [2.45, 2.75) is 26.9 Å². The lowest BCUT2D eigenvalue weighted by Gasteiger charge is -2.32. The Morgan fingerprint density at radius 2 is 1.83 bits per heavy atom. The molecular weight excluding hydrogens is 302 g/mol. The zero-order valence-corrected chi connectivity index (χ0v) is 14.8. The lowest BCUT2D eigenvalue weighted by molar-refractivity contribution is 0.311. The molecule has 3 heterocycles. The summed E-state index contributed by atoms with van der Waals surface area (Å²) in [6, 6.07) is 2.00. The van der Waals surface area contributed by atoms with Crippen LogP contribution in [-0.2, 0) is 13.1 Å². The molecule has 0 spiro atoms. The fourth-order valence-electron chi connectivity index (χ4n) is 2.78. The van der Waals surface area contributed by atoms with Crippen LogP contribution in [-0.4, -0.2) is 57.9 Å². The Labute approximate surface area is 143 Å². The molecule has 0 atom stereocenters. The minimum absolute atomic E-state index is 0.566. The number of likely N-dealkylation sites (N-methyl/N-ethyl adjacent to an activating group) is 1. The number of aromatic nitrogens is 4. The molecule has 0 unspecified atom stereocenters. The van der Waals surface area contributed by atoms with E-state index in [9.17, 15) is 0 Å². The van der Waals surface area contributed by atoms with Gasteiger partial charge >= 0.3 is 0 Å². The summed E-state index contributed by atoms with van der Waals surface area (Å²) in [5.74, 6) is 2.43. The summed E-state index contributed by atoms with van der Waals surface area (Å²) in [5.41, 5.74) is 1.07. The molecule has 0 bridgehead atoms. The summed E-state index contributed by atoms with van der Waals surface area (Å²) in [4.78, 5) is 13.6. The molecule has 7 heteroatoms. The van der Waals surface area contributed by atoms with Gasteiger partial charge in [-0.25, -0.2) is 14.6 Å². The molecule has 1 aliphatic rings. The third kappa shape index (κ3) is 4.23. The van der Waals surface area contributed by atoms with Gasteiger partial charge in [-0.2, -0.15) is 5.10 Å². The summed E-state index contributed by atoms with van der Waals surface area (Å²) in [7, 11) is 2.15. The fourth-order valence-corrected chi connectivity index (χ4v) is 2.78. The number of piperazine rings is 1. The lowest BCUT2D eigenvalue weighted by atomic mass is 10.2. The molecule has 1 saturated heterocycles. The van der Waals surface area contributed by atoms with Crippen molar-refractivity contribution >= 4 is 11.8 Å². The first-order valence-electron chi connectivity index (χ1n) is 8.62. The van der Waals surface area contributed by atoms with Gasteiger partial charge in [0, 0.05) is 63.3 Å². The highest BCUT2D eigenvalue weighted by Crippen LogP contribution is 2.13. The van der Waals surface area contributed by atoms with Crippen molar-refractivity contribution in [2.24, 2.45) is 5.92 Å². The average Bonchev–Trinajstić information content (AvgIpc) is 3.00. The van der Waals surface area contributed by atoms with E-state index < -0.39 is 0 Å². The van der Waals surface area contributed by atoms with Gasteiger partial charge < -0.3 is 15.1 Å². The summed E-state index contributed by atoms with van der Waals surface area (Å²) < 4.78 is 2.00. The number of anilines is 2. The van der Waals surface area contributed by atoms with Crippen LogP contribution >= 0.6 is 0 Å². The van der Waals surface area contributed by atoms with Crippen LogP contribution < -0.4 is 10.2 Å². The number of rotatable bonds is 6. The number of nitrogens with one attached hydrogen (secondary N) is 1. The van der Waals surface area contributed by atoms with Gasteiger partial charge in [0.25, 0.3) is 0 Å². The molecule has 1 fully saturated rings. The molecule has 1 N–H and O–H groups in total. The molecule has 130 valence electrons. The quantitative estimate of drug-likeness (QED) is 0.870. The molecule has 3 rings (SSSR count). The Bertz CT molecular complexity index is 627. The van der Waals surface area contributed by atoms with Gasteiger partial charge in [0.05, 0.1) is 6.20 Å². The minimum atomic E-state index is 0.566. The molecule has 0 aliphatic carbocycles. The van der Waals surface area contributed by atoms with Crippen molar-refractivity contribution in [2.75, 3.05) is 43.4 Å². The van der Waals surface area contributed by atoms with Crippen molar-refractivity contribution < 1.29 is 0 Å². The van der Waals surface area contributed by atoms with Gasteiger partial charge in [-0.3, -0.25) is 0 Å². The highest BCUT2D eigenvalue weighted by atomic mass is 15.3. The summed E-state index contributed by atoms with van der Waals surface area (Å²) in [6.45, 7) is 10.1. The monoisotopic (exact) mass is 329 g/mol. The predicted octanol–water partition coefficient (Wildman–Crippen LogP) is 1.69. The van der Waals surface area contributed by atoms with Crippen molar-refractivity contribution in [1.82, 2.24) is 24.6 Å². The summed E-state index contributed by atoms with van der Waals surface area (Å²) in [5, 5.41) is 7.78. The molecule has 0 radical (unpaired) electrons. The van der Waals surface area contributed by atoms with Crippen LogP contribution in [0.2, 0.25) is 0 Å². The van der Waals surface area contributed by atoms with Crippen LogP contribution in [0.4, 0.5) is 11.8 Å². The largest absolute Gasteiger partial charge is 0.366 e. The second-order valence-corrected chi connectivity index (χ2v) is 6.83. The number of nitrogens with zero attached hydrogens (tertiary/aromatic N) is 6. The molecular formula is C17H27N7. The van der Waals surface area contributed by atoms with Gasteiger partial charge in [0.15, 0.2) is 0 Å². The Morgan fingerprint density at radius 1 is 1.12 bits per heavy atom. The van der Waals surface area contributed by atoms with Gasteiger partial charge in [-0.15, -0.1) is 0 Å². The van der Waals surface area contributed by atoms with Crippen LogP contribution in [0.15, 0.2) is 24.7 Å². The lowest BCUT2D eigenvalue weighted by Crippen LogP contribution is -2.45. The Morgan fingerprint density at radius 3 is 2.50 bits per heavy atom. The van der Waals surface area contributed by atoms with E-state index in [1.54, 1.807) is 0 Å². The van der Waals surface area contributed by atoms with Crippen LogP contribution in [0.1, 0.15) is 19.4 Å². The first-order chi connectivity index (χ1) is 11.6. The van der Waals surface area contributed by atoms with Gasteiger partial charge in [0.1, 0.15) is 5.82 Å². The van der Waals surface area contributed by atoms with Crippen molar-refractivity contribution in [3.05, 3.63) is 30.2 Å². The normalized spacial score (nSPS) is 15.9. The van der Waals surface area contributed by atoms with Crippen LogP contribution in [0.3, 0.4) is 0 Å². The van der Waals surface area contributed by atoms with Gasteiger partial charge in [-0.1, -0.05) is 13.8 Å². The van der Waals surface area contributed by atoms with Crippen molar-refractivity contribution in [3.8, 4) is 0 Å². The molecule has 0 amide bonds. The maximum absolute atomic E-state index is 4.53. The fraction of sp³-hybridized carbons (Fsp3) is 0.588. The molecule has 7 nitrogen and oxygen atoms in total. The zero-order chi connectivity index (χ0) is 16.9. The van der Waals surface area contributed by atoms with Gasteiger partial charge in [-0.05, 0) is 13.0 Å². The zero-order valence-electron chi connectivity index (χ0n) is 14.8.